The minimum atomic E-state index is -3.34. The molecule has 0 fully saturated rings. The van der Waals surface area contributed by atoms with Crippen molar-refractivity contribution in [2.75, 3.05) is 0 Å². The van der Waals surface area contributed by atoms with Gasteiger partial charge in [-0.3, -0.25) is 0 Å². The Balaban J connectivity index is 2.30. The largest absolute Gasteiger partial charge is 0.223 e. The molecule has 0 saturated carbocycles. The molecule has 0 radical (unpaired) electrons. The Labute approximate surface area is 101 Å². The number of benzene rings is 1. The van der Waals surface area contributed by atoms with Gasteiger partial charge >= 0.3 is 0 Å². The lowest BCUT2D eigenvalue weighted by Crippen LogP contribution is -2.18. The number of allylic oxidation sites excluding steroid dienone is 1. The van der Waals surface area contributed by atoms with Crippen LogP contribution < -0.4 is 0 Å². The highest BCUT2D eigenvalue weighted by atomic mass is 32.2. The first kappa shape index (κ1) is 11.9. The molecule has 0 heterocycles. The fraction of sp³-hybridized carbons (Fsp3) is 0.308. The van der Waals surface area contributed by atoms with Gasteiger partial charge in [0.2, 0.25) is 0 Å². The third kappa shape index (κ3) is 2.25. The average molecular weight is 247 g/mol. The van der Waals surface area contributed by atoms with Crippen LogP contribution in [0.3, 0.4) is 0 Å². The Hall–Kier alpha value is -1.60. The van der Waals surface area contributed by atoms with Crippen molar-refractivity contribution in [3.63, 3.8) is 0 Å². The Morgan fingerprint density at radius 3 is 2.41 bits per heavy atom. The molecule has 2 unspecified atom stereocenters. The summed E-state index contributed by atoms with van der Waals surface area (Å²) < 4.78 is 24.5. The predicted octanol–water partition coefficient (Wildman–Crippen LogP) is 2.24. The van der Waals surface area contributed by atoms with Crippen molar-refractivity contribution in [3.8, 4) is 6.07 Å². The minimum Gasteiger partial charge on any atom is -0.223 e. The lowest BCUT2D eigenvalue weighted by atomic mass is 10.1. The van der Waals surface area contributed by atoms with Gasteiger partial charge in [-0.2, -0.15) is 5.26 Å². The maximum absolute atomic E-state index is 12.2. The summed E-state index contributed by atoms with van der Waals surface area (Å²) in [4.78, 5) is 0.330. The molecule has 0 amide bonds. The monoisotopic (exact) mass is 247 g/mol. The smallest absolute Gasteiger partial charge is 0.184 e. The fourth-order valence-electron chi connectivity index (χ4n) is 1.89. The summed E-state index contributed by atoms with van der Waals surface area (Å²) in [6.45, 7) is 1.91. The van der Waals surface area contributed by atoms with E-state index in [1.54, 1.807) is 36.4 Å². The molecule has 0 aliphatic heterocycles. The first-order chi connectivity index (χ1) is 8.04. The topological polar surface area (TPSA) is 57.9 Å². The van der Waals surface area contributed by atoms with Crippen LogP contribution in [0.5, 0.6) is 0 Å². The normalized spacial score (nSPS) is 23.5. The van der Waals surface area contributed by atoms with Crippen molar-refractivity contribution in [2.45, 2.75) is 23.5 Å². The lowest BCUT2D eigenvalue weighted by Gasteiger charge is -2.10. The molecular weight excluding hydrogens is 234 g/mol. The highest BCUT2D eigenvalue weighted by Crippen LogP contribution is 2.27. The van der Waals surface area contributed by atoms with E-state index in [0.717, 1.165) is 5.56 Å². The molecule has 1 aliphatic rings. The van der Waals surface area contributed by atoms with Gasteiger partial charge in [-0.05, 0) is 25.5 Å². The third-order valence-electron chi connectivity index (χ3n) is 2.96. The lowest BCUT2D eigenvalue weighted by molar-refractivity contribution is 0.583. The van der Waals surface area contributed by atoms with Crippen molar-refractivity contribution in [1.82, 2.24) is 0 Å². The van der Waals surface area contributed by atoms with E-state index in [1.165, 1.54) is 0 Å². The number of hydrogen-bond donors (Lipinski definition) is 0. The van der Waals surface area contributed by atoms with Gasteiger partial charge in [-0.15, -0.1) is 0 Å². The van der Waals surface area contributed by atoms with Crippen molar-refractivity contribution >= 4 is 9.84 Å². The maximum atomic E-state index is 12.2. The number of hydrogen-bond acceptors (Lipinski definition) is 3. The average Bonchev–Trinajstić information content (AvgIpc) is 2.78. The number of aryl methyl sites for hydroxylation is 1. The summed E-state index contributed by atoms with van der Waals surface area (Å²) in [5.74, 6) is -0.278. The van der Waals surface area contributed by atoms with Crippen molar-refractivity contribution in [1.29, 1.82) is 5.26 Å². The van der Waals surface area contributed by atoms with Gasteiger partial charge in [0.1, 0.15) is 0 Å². The maximum Gasteiger partial charge on any atom is 0.184 e. The highest BCUT2D eigenvalue weighted by molar-refractivity contribution is 7.92. The van der Waals surface area contributed by atoms with Crippen LogP contribution in [-0.4, -0.2) is 13.7 Å². The number of nitriles is 1. The van der Waals surface area contributed by atoms with E-state index in [1.807, 2.05) is 6.92 Å². The van der Waals surface area contributed by atoms with Crippen LogP contribution in [0.15, 0.2) is 41.3 Å². The zero-order valence-electron chi connectivity index (χ0n) is 9.50. The summed E-state index contributed by atoms with van der Waals surface area (Å²) in [5.41, 5.74) is 1.03. The van der Waals surface area contributed by atoms with Crippen LogP contribution in [-0.2, 0) is 9.84 Å². The summed E-state index contributed by atoms with van der Waals surface area (Å²) in [7, 11) is -3.34. The zero-order chi connectivity index (χ0) is 12.5. The first-order valence-electron chi connectivity index (χ1n) is 5.42. The van der Waals surface area contributed by atoms with Gasteiger partial charge in [0, 0.05) is 0 Å². The summed E-state index contributed by atoms with van der Waals surface area (Å²) in [5, 5.41) is 8.20. The molecule has 17 heavy (non-hydrogen) atoms. The van der Waals surface area contributed by atoms with E-state index in [2.05, 4.69) is 6.07 Å². The zero-order valence-corrected chi connectivity index (χ0v) is 10.3. The second-order valence-corrected chi connectivity index (χ2v) is 6.42. The molecule has 0 spiro atoms. The molecule has 1 aliphatic carbocycles. The van der Waals surface area contributed by atoms with Crippen LogP contribution in [0.1, 0.15) is 12.0 Å². The molecule has 4 heteroatoms. The van der Waals surface area contributed by atoms with Crippen LogP contribution in [0.25, 0.3) is 0 Å². The van der Waals surface area contributed by atoms with Crippen LogP contribution >= 0.6 is 0 Å². The Morgan fingerprint density at radius 2 is 1.88 bits per heavy atom. The Bertz CT molecular complexity index is 579. The molecule has 1 aromatic carbocycles. The molecule has 0 aromatic heterocycles. The van der Waals surface area contributed by atoms with Crippen LogP contribution in [0.4, 0.5) is 0 Å². The Morgan fingerprint density at radius 1 is 1.24 bits per heavy atom. The molecule has 88 valence electrons. The van der Waals surface area contributed by atoms with Gasteiger partial charge in [0.15, 0.2) is 9.84 Å². The highest BCUT2D eigenvalue weighted by Gasteiger charge is 2.31. The number of rotatable bonds is 2. The minimum absolute atomic E-state index is 0.278. The van der Waals surface area contributed by atoms with Crippen molar-refractivity contribution in [2.24, 2.45) is 5.92 Å². The predicted molar refractivity (Wildman–Crippen MR) is 65.0 cm³/mol. The number of nitrogens with zero attached hydrogens (tertiary/aromatic N) is 1. The molecule has 2 atom stereocenters. The van der Waals surface area contributed by atoms with Gasteiger partial charge < -0.3 is 0 Å². The van der Waals surface area contributed by atoms with Gasteiger partial charge in [0.25, 0.3) is 0 Å². The first-order valence-corrected chi connectivity index (χ1v) is 6.97. The molecule has 2 rings (SSSR count). The van der Waals surface area contributed by atoms with Crippen molar-refractivity contribution in [3.05, 3.63) is 42.0 Å². The van der Waals surface area contributed by atoms with E-state index in [4.69, 9.17) is 5.26 Å². The van der Waals surface area contributed by atoms with Gasteiger partial charge in [-0.25, -0.2) is 8.42 Å². The van der Waals surface area contributed by atoms with Crippen molar-refractivity contribution < 1.29 is 8.42 Å². The summed E-state index contributed by atoms with van der Waals surface area (Å²) >= 11 is 0. The second-order valence-electron chi connectivity index (χ2n) is 4.25. The fourth-order valence-corrected chi connectivity index (χ4v) is 3.52. The van der Waals surface area contributed by atoms with E-state index < -0.39 is 15.1 Å². The molecule has 0 bridgehead atoms. The van der Waals surface area contributed by atoms with Gasteiger partial charge in [0.05, 0.1) is 22.1 Å². The quantitative estimate of drug-likeness (QED) is 0.753. The van der Waals surface area contributed by atoms with Crippen LogP contribution in [0.2, 0.25) is 0 Å². The van der Waals surface area contributed by atoms with E-state index in [9.17, 15) is 8.42 Å². The number of sulfone groups is 1. The van der Waals surface area contributed by atoms with E-state index >= 15 is 0 Å². The van der Waals surface area contributed by atoms with Crippen LogP contribution in [0, 0.1) is 24.2 Å². The molecular formula is C13H13NO2S. The molecule has 0 saturated heterocycles. The SMILES string of the molecule is Cc1ccc(S(=O)(=O)C2C=CC(C#N)C2)cc1. The second kappa shape index (κ2) is 4.34. The van der Waals surface area contributed by atoms with E-state index in [-0.39, 0.29) is 5.92 Å². The standard InChI is InChI=1S/C13H13NO2S/c1-10-2-5-12(6-3-10)17(15,16)13-7-4-11(8-13)9-14/h2-7,11,13H,8H2,1H3. The third-order valence-corrected chi connectivity index (χ3v) is 5.03. The molecule has 0 N–H and O–H groups in total. The molecule has 1 aromatic rings. The Kier molecular flexibility index (Phi) is 3.03. The van der Waals surface area contributed by atoms with E-state index in [0.29, 0.717) is 11.3 Å². The van der Waals surface area contributed by atoms with Gasteiger partial charge in [-0.1, -0.05) is 29.8 Å². The summed E-state index contributed by atoms with van der Waals surface area (Å²) in [6.07, 6.45) is 3.67. The molecule has 3 nitrogen and oxygen atoms in total. The summed E-state index contributed by atoms with van der Waals surface area (Å²) in [6, 6.07) is 8.89.